The van der Waals surface area contributed by atoms with Crippen LogP contribution in [0.3, 0.4) is 0 Å². The standard InChI is InChI=1S/C13H13F3N2/c1-9(2)10-3-5-11(6-4-10)18-8-7-17-12(18)13(14,15)16/h3-9H,1-2H3. The molecule has 0 N–H and O–H groups in total. The van der Waals surface area contributed by atoms with Crippen LogP contribution >= 0.6 is 0 Å². The highest BCUT2D eigenvalue weighted by Crippen LogP contribution is 2.29. The van der Waals surface area contributed by atoms with Gasteiger partial charge in [-0.1, -0.05) is 26.0 Å². The van der Waals surface area contributed by atoms with E-state index in [1.54, 1.807) is 12.1 Å². The van der Waals surface area contributed by atoms with Gasteiger partial charge in [-0.15, -0.1) is 0 Å². The number of benzene rings is 1. The van der Waals surface area contributed by atoms with Crippen molar-refractivity contribution >= 4 is 0 Å². The summed E-state index contributed by atoms with van der Waals surface area (Å²) in [5.41, 5.74) is 1.55. The number of halogens is 3. The fraction of sp³-hybridized carbons (Fsp3) is 0.308. The van der Waals surface area contributed by atoms with Gasteiger partial charge in [0.05, 0.1) is 0 Å². The Balaban J connectivity index is 2.41. The minimum absolute atomic E-state index is 0.351. The van der Waals surface area contributed by atoms with Gasteiger partial charge in [0.1, 0.15) is 0 Å². The maximum absolute atomic E-state index is 12.7. The van der Waals surface area contributed by atoms with E-state index in [9.17, 15) is 13.2 Å². The van der Waals surface area contributed by atoms with Gasteiger partial charge in [-0.05, 0) is 23.6 Å². The summed E-state index contributed by atoms with van der Waals surface area (Å²) in [7, 11) is 0. The molecule has 0 aliphatic carbocycles. The summed E-state index contributed by atoms with van der Waals surface area (Å²) >= 11 is 0. The molecular weight excluding hydrogens is 241 g/mol. The topological polar surface area (TPSA) is 17.8 Å². The third kappa shape index (κ3) is 2.39. The molecule has 18 heavy (non-hydrogen) atoms. The summed E-state index contributed by atoms with van der Waals surface area (Å²) < 4.78 is 39.1. The minimum Gasteiger partial charge on any atom is -0.296 e. The average molecular weight is 254 g/mol. The molecule has 0 atom stereocenters. The number of imidazole rings is 1. The quantitative estimate of drug-likeness (QED) is 0.791. The zero-order chi connectivity index (χ0) is 13.3. The molecule has 0 unspecified atom stereocenters. The van der Waals surface area contributed by atoms with Crippen molar-refractivity contribution in [3.05, 3.63) is 48.0 Å². The SMILES string of the molecule is CC(C)c1ccc(-n2ccnc2C(F)(F)F)cc1. The first-order valence-corrected chi connectivity index (χ1v) is 5.60. The van der Waals surface area contributed by atoms with Crippen LogP contribution in [0.5, 0.6) is 0 Å². The van der Waals surface area contributed by atoms with Gasteiger partial charge in [0.2, 0.25) is 5.82 Å². The van der Waals surface area contributed by atoms with E-state index in [1.165, 1.54) is 6.20 Å². The Hall–Kier alpha value is -1.78. The molecule has 2 rings (SSSR count). The summed E-state index contributed by atoms with van der Waals surface area (Å²) in [6, 6.07) is 7.01. The lowest BCUT2D eigenvalue weighted by molar-refractivity contribution is -0.145. The third-order valence-electron chi connectivity index (χ3n) is 2.73. The summed E-state index contributed by atoms with van der Waals surface area (Å²) in [5.74, 6) is -0.552. The highest BCUT2D eigenvalue weighted by molar-refractivity contribution is 5.37. The van der Waals surface area contributed by atoms with E-state index in [2.05, 4.69) is 4.98 Å². The number of aromatic nitrogens is 2. The molecule has 0 saturated heterocycles. The van der Waals surface area contributed by atoms with Crippen LogP contribution in [-0.4, -0.2) is 9.55 Å². The summed E-state index contributed by atoms with van der Waals surface area (Å²) in [4.78, 5) is 3.36. The van der Waals surface area contributed by atoms with Crippen molar-refractivity contribution in [1.29, 1.82) is 0 Å². The fourth-order valence-corrected chi connectivity index (χ4v) is 1.74. The average Bonchev–Trinajstić information content (AvgIpc) is 2.77. The third-order valence-corrected chi connectivity index (χ3v) is 2.73. The van der Waals surface area contributed by atoms with Crippen LogP contribution in [0, 0.1) is 0 Å². The van der Waals surface area contributed by atoms with Gasteiger partial charge in [-0.3, -0.25) is 4.57 Å². The highest BCUT2D eigenvalue weighted by Gasteiger charge is 2.36. The predicted octanol–water partition coefficient (Wildman–Crippen LogP) is 4.01. The van der Waals surface area contributed by atoms with E-state index in [0.717, 1.165) is 16.3 Å². The fourth-order valence-electron chi connectivity index (χ4n) is 1.74. The first kappa shape index (κ1) is 12.7. The Morgan fingerprint density at radius 3 is 2.22 bits per heavy atom. The van der Waals surface area contributed by atoms with Crippen molar-refractivity contribution in [2.24, 2.45) is 0 Å². The van der Waals surface area contributed by atoms with Crippen molar-refractivity contribution in [3.8, 4) is 5.69 Å². The Morgan fingerprint density at radius 1 is 1.11 bits per heavy atom. The van der Waals surface area contributed by atoms with E-state index in [4.69, 9.17) is 0 Å². The van der Waals surface area contributed by atoms with E-state index >= 15 is 0 Å². The maximum atomic E-state index is 12.7. The van der Waals surface area contributed by atoms with Crippen LogP contribution in [0.2, 0.25) is 0 Å². The lowest BCUT2D eigenvalue weighted by atomic mass is 10.0. The molecule has 2 aromatic rings. The van der Waals surface area contributed by atoms with Crippen molar-refractivity contribution in [1.82, 2.24) is 9.55 Å². The molecule has 0 aliphatic rings. The van der Waals surface area contributed by atoms with Crippen molar-refractivity contribution in [2.45, 2.75) is 25.9 Å². The van der Waals surface area contributed by atoms with Gasteiger partial charge < -0.3 is 0 Å². The van der Waals surface area contributed by atoms with Crippen molar-refractivity contribution < 1.29 is 13.2 Å². The van der Waals surface area contributed by atoms with Crippen molar-refractivity contribution in [2.75, 3.05) is 0 Å². The van der Waals surface area contributed by atoms with Crippen LogP contribution in [-0.2, 0) is 6.18 Å². The zero-order valence-corrected chi connectivity index (χ0v) is 10.1. The molecule has 1 aromatic heterocycles. The number of hydrogen-bond acceptors (Lipinski definition) is 1. The Bertz CT molecular complexity index is 524. The summed E-state index contributed by atoms with van der Waals surface area (Å²) in [6.45, 7) is 4.07. The Labute approximate surface area is 103 Å². The van der Waals surface area contributed by atoms with Gasteiger partial charge in [0.25, 0.3) is 0 Å². The van der Waals surface area contributed by atoms with Crippen LogP contribution < -0.4 is 0 Å². The molecule has 0 aliphatic heterocycles. The van der Waals surface area contributed by atoms with Gasteiger partial charge in [-0.2, -0.15) is 13.2 Å². The van der Waals surface area contributed by atoms with Gasteiger partial charge in [0.15, 0.2) is 0 Å². The Kier molecular flexibility index (Phi) is 3.15. The molecule has 0 saturated carbocycles. The Morgan fingerprint density at radius 2 is 1.72 bits per heavy atom. The largest absolute Gasteiger partial charge is 0.450 e. The minimum atomic E-state index is -4.44. The lowest BCUT2D eigenvalue weighted by Crippen LogP contribution is -2.13. The molecular formula is C13H13F3N2. The van der Waals surface area contributed by atoms with Crippen LogP contribution in [0.4, 0.5) is 13.2 Å². The second kappa shape index (κ2) is 4.48. The smallest absolute Gasteiger partial charge is 0.296 e. The van der Waals surface area contributed by atoms with E-state index in [-0.39, 0.29) is 0 Å². The van der Waals surface area contributed by atoms with E-state index < -0.39 is 12.0 Å². The van der Waals surface area contributed by atoms with E-state index in [1.807, 2.05) is 26.0 Å². The van der Waals surface area contributed by atoms with Crippen LogP contribution in [0.1, 0.15) is 31.2 Å². The molecule has 0 bridgehead atoms. The second-order valence-electron chi connectivity index (χ2n) is 4.36. The molecule has 0 radical (unpaired) electrons. The van der Waals surface area contributed by atoms with Crippen LogP contribution in [0.25, 0.3) is 5.69 Å². The van der Waals surface area contributed by atoms with Gasteiger partial charge in [-0.25, -0.2) is 4.98 Å². The first-order chi connectivity index (χ1) is 8.39. The normalized spacial score (nSPS) is 12.1. The molecule has 0 fully saturated rings. The highest BCUT2D eigenvalue weighted by atomic mass is 19.4. The monoisotopic (exact) mass is 254 g/mol. The van der Waals surface area contributed by atoms with E-state index in [0.29, 0.717) is 11.6 Å². The van der Waals surface area contributed by atoms with Crippen molar-refractivity contribution in [3.63, 3.8) is 0 Å². The number of hydrogen-bond donors (Lipinski definition) is 0. The summed E-state index contributed by atoms with van der Waals surface area (Å²) in [6.07, 6.45) is -1.98. The number of alkyl halides is 3. The molecule has 2 nitrogen and oxygen atoms in total. The second-order valence-corrected chi connectivity index (χ2v) is 4.36. The molecule has 1 aromatic carbocycles. The molecule has 96 valence electrons. The maximum Gasteiger partial charge on any atom is 0.450 e. The first-order valence-electron chi connectivity index (χ1n) is 5.60. The summed E-state index contributed by atoms with van der Waals surface area (Å²) in [5, 5.41) is 0. The lowest BCUT2D eigenvalue weighted by Gasteiger charge is -2.11. The number of rotatable bonds is 2. The predicted molar refractivity (Wildman–Crippen MR) is 62.7 cm³/mol. The molecule has 0 spiro atoms. The van der Waals surface area contributed by atoms with Crippen LogP contribution in [0.15, 0.2) is 36.7 Å². The molecule has 5 heteroatoms. The zero-order valence-electron chi connectivity index (χ0n) is 10.1. The number of nitrogens with zero attached hydrogens (tertiary/aromatic N) is 2. The van der Waals surface area contributed by atoms with Gasteiger partial charge >= 0.3 is 6.18 Å². The molecule has 1 heterocycles. The molecule has 0 amide bonds. The van der Waals surface area contributed by atoms with Gasteiger partial charge in [0, 0.05) is 18.1 Å².